The van der Waals surface area contributed by atoms with Gasteiger partial charge in [0, 0.05) is 13.2 Å². The molecule has 2 heterocycles. The van der Waals surface area contributed by atoms with E-state index in [0.29, 0.717) is 22.6 Å². The number of aldehydes is 1. The van der Waals surface area contributed by atoms with E-state index in [1.54, 1.807) is 10.8 Å². The van der Waals surface area contributed by atoms with Crippen LogP contribution in [0.2, 0.25) is 0 Å². The van der Waals surface area contributed by atoms with Crippen LogP contribution in [-0.2, 0) is 7.05 Å². The van der Waals surface area contributed by atoms with Crippen LogP contribution in [0.25, 0.3) is 11.6 Å². The van der Waals surface area contributed by atoms with Crippen LogP contribution in [0.5, 0.6) is 0 Å². The molecule has 0 spiro atoms. The molecule has 72 valence electrons. The average Bonchev–Trinajstić information content (AvgIpc) is 2.74. The quantitative estimate of drug-likeness (QED) is 0.766. The van der Waals surface area contributed by atoms with Crippen LogP contribution in [0, 0.1) is 0 Å². The molecule has 2 aromatic rings. The number of nitrogens with zero attached hydrogens (tertiary/aromatic N) is 3. The molecule has 0 aromatic carbocycles. The lowest BCUT2D eigenvalue weighted by molar-refractivity contribution is 0.110. The summed E-state index contributed by atoms with van der Waals surface area (Å²) in [5.41, 5.74) is 0.590. The summed E-state index contributed by atoms with van der Waals surface area (Å²) in [6, 6.07) is 0. The highest BCUT2D eigenvalue weighted by molar-refractivity contribution is 9.10. The van der Waals surface area contributed by atoms with Crippen LogP contribution >= 0.6 is 15.9 Å². The molecule has 0 amide bonds. The highest BCUT2D eigenvalue weighted by Gasteiger charge is 2.10. The lowest BCUT2D eigenvalue weighted by Crippen LogP contribution is -1.82. The monoisotopic (exact) mass is 255 g/mol. The number of hydrogen-bond acceptors (Lipinski definition) is 4. The van der Waals surface area contributed by atoms with Gasteiger partial charge in [-0.15, -0.1) is 0 Å². The summed E-state index contributed by atoms with van der Waals surface area (Å²) in [4.78, 5) is 18.4. The van der Waals surface area contributed by atoms with Crippen LogP contribution in [-0.4, -0.2) is 20.8 Å². The molecule has 0 aliphatic rings. The van der Waals surface area contributed by atoms with E-state index < -0.39 is 0 Å². The Morgan fingerprint density at radius 1 is 1.64 bits per heavy atom. The van der Waals surface area contributed by atoms with Crippen molar-refractivity contribution >= 4 is 22.2 Å². The number of rotatable bonds is 2. The van der Waals surface area contributed by atoms with Crippen molar-refractivity contribution in [3.05, 3.63) is 22.9 Å². The molecular weight excluding hydrogens is 250 g/mol. The number of halogens is 1. The largest absolute Gasteiger partial charge is 0.432 e. The number of hydrogen-bond donors (Lipinski definition) is 0. The molecule has 0 bridgehead atoms. The summed E-state index contributed by atoms with van der Waals surface area (Å²) < 4.78 is 7.57. The van der Waals surface area contributed by atoms with Gasteiger partial charge < -0.3 is 8.98 Å². The minimum Gasteiger partial charge on any atom is -0.432 e. The second-order valence-electron chi connectivity index (χ2n) is 2.69. The molecule has 0 N–H and O–H groups in total. The summed E-state index contributed by atoms with van der Waals surface area (Å²) in [7, 11) is 1.84. The van der Waals surface area contributed by atoms with Crippen molar-refractivity contribution in [2.45, 2.75) is 0 Å². The van der Waals surface area contributed by atoms with Gasteiger partial charge in [0.1, 0.15) is 5.69 Å². The fourth-order valence-corrected chi connectivity index (χ4v) is 1.30. The Labute approximate surface area is 87.9 Å². The number of aryl methyl sites for hydroxylation is 1. The molecule has 6 heteroatoms. The predicted molar refractivity (Wildman–Crippen MR) is 51.8 cm³/mol. The van der Waals surface area contributed by atoms with Gasteiger partial charge in [0.15, 0.2) is 16.8 Å². The van der Waals surface area contributed by atoms with E-state index in [4.69, 9.17) is 4.42 Å². The Morgan fingerprint density at radius 3 is 2.93 bits per heavy atom. The van der Waals surface area contributed by atoms with Crippen molar-refractivity contribution in [2.24, 2.45) is 7.05 Å². The Bertz CT molecular complexity index is 455. The van der Waals surface area contributed by atoms with E-state index in [1.165, 1.54) is 6.20 Å². The number of oxazole rings is 1. The van der Waals surface area contributed by atoms with Crippen molar-refractivity contribution in [1.29, 1.82) is 0 Å². The normalized spacial score (nSPS) is 10.4. The Hall–Kier alpha value is -1.43. The second kappa shape index (κ2) is 3.38. The molecule has 0 atom stereocenters. The third-order valence-corrected chi connectivity index (χ3v) is 2.42. The van der Waals surface area contributed by atoms with Crippen LogP contribution in [0.3, 0.4) is 0 Å². The highest BCUT2D eigenvalue weighted by Crippen LogP contribution is 2.19. The van der Waals surface area contributed by atoms with Crippen molar-refractivity contribution in [1.82, 2.24) is 14.5 Å². The molecule has 0 aliphatic carbocycles. The molecule has 14 heavy (non-hydrogen) atoms. The summed E-state index contributed by atoms with van der Waals surface area (Å²) in [5, 5.41) is 0. The molecular formula is C8H6BrN3O2. The first-order chi connectivity index (χ1) is 6.70. The van der Waals surface area contributed by atoms with Gasteiger partial charge in [-0.25, -0.2) is 9.97 Å². The third kappa shape index (κ3) is 1.48. The predicted octanol–water partition coefficient (Wildman–Crippen LogP) is 1.65. The molecule has 2 aromatic heterocycles. The Kier molecular flexibility index (Phi) is 2.20. The van der Waals surface area contributed by atoms with E-state index in [1.807, 2.05) is 7.05 Å². The zero-order valence-electron chi connectivity index (χ0n) is 7.27. The topological polar surface area (TPSA) is 60.9 Å². The van der Waals surface area contributed by atoms with Crippen molar-refractivity contribution in [3.8, 4) is 11.6 Å². The summed E-state index contributed by atoms with van der Waals surface area (Å²) in [5.74, 6) is 0.537. The van der Waals surface area contributed by atoms with Gasteiger partial charge in [-0.05, 0) is 15.9 Å². The first kappa shape index (κ1) is 9.14. The first-order valence-electron chi connectivity index (χ1n) is 3.81. The summed E-state index contributed by atoms with van der Waals surface area (Å²) >= 11 is 3.25. The maximum atomic E-state index is 10.4. The van der Waals surface area contributed by atoms with Gasteiger partial charge in [0.25, 0.3) is 0 Å². The van der Waals surface area contributed by atoms with Gasteiger partial charge in [-0.2, -0.15) is 0 Å². The SMILES string of the molecule is Cn1cc(-c2ncc(C=O)o2)nc1Br. The van der Waals surface area contributed by atoms with E-state index in [0.717, 1.165) is 0 Å². The number of carbonyl (C=O) groups is 1. The lowest BCUT2D eigenvalue weighted by atomic mass is 10.5. The fraction of sp³-hybridized carbons (Fsp3) is 0.125. The van der Waals surface area contributed by atoms with Gasteiger partial charge in [-0.3, -0.25) is 4.79 Å². The van der Waals surface area contributed by atoms with E-state index in [2.05, 4.69) is 25.9 Å². The van der Waals surface area contributed by atoms with Crippen molar-refractivity contribution in [2.75, 3.05) is 0 Å². The zero-order valence-corrected chi connectivity index (χ0v) is 8.85. The molecule has 0 saturated heterocycles. The van der Waals surface area contributed by atoms with E-state index in [-0.39, 0.29) is 5.76 Å². The molecule has 0 aliphatic heterocycles. The molecule has 0 fully saturated rings. The maximum absolute atomic E-state index is 10.4. The molecule has 0 radical (unpaired) electrons. The van der Waals surface area contributed by atoms with Crippen molar-refractivity contribution in [3.63, 3.8) is 0 Å². The maximum Gasteiger partial charge on any atom is 0.247 e. The number of imidazole rings is 1. The van der Waals surface area contributed by atoms with E-state index in [9.17, 15) is 4.79 Å². The zero-order chi connectivity index (χ0) is 10.1. The van der Waals surface area contributed by atoms with Crippen LogP contribution < -0.4 is 0 Å². The lowest BCUT2D eigenvalue weighted by Gasteiger charge is -1.85. The Morgan fingerprint density at radius 2 is 2.43 bits per heavy atom. The van der Waals surface area contributed by atoms with Crippen LogP contribution in [0.1, 0.15) is 10.6 Å². The summed E-state index contributed by atoms with van der Waals surface area (Å²) in [6.45, 7) is 0. The van der Waals surface area contributed by atoms with Gasteiger partial charge >= 0.3 is 0 Å². The molecule has 5 nitrogen and oxygen atoms in total. The minimum absolute atomic E-state index is 0.196. The first-order valence-corrected chi connectivity index (χ1v) is 4.60. The second-order valence-corrected chi connectivity index (χ2v) is 3.40. The number of aromatic nitrogens is 3. The average molecular weight is 256 g/mol. The minimum atomic E-state index is 0.196. The van der Waals surface area contributed by atoms with Gasteiger partial charge in [0.05, 0.1) is 6.20 Å². The molecule has 0 saturated carbocycles. The smallest absolute Gasteiger partial charge is 0.247 e. The number of carbonyl (C=O) groups excluding carboxylic acids is 1. The standard InChI is InChI=1S/C8H6BrN3O2/c1-12-3-6(11-8(12)9)7-10-2-5(4-13)14-7/h2-4H,1H3. The van der Waals surface area contributed by atoms with Gasteiger partial charge in [-0.1, -0.05) is 0 Å². The van der Waals surface area contributed by atoms with E-state index >= 15 is 0 Å². The van der Waals surface area contributed by atoms with Crippen LogP contribution in [0.15, 0.2) is 21.5 Å². The van der Waals surface area contributed by atoms with Crippen molar-refractivity contribution < 1.29 is 9.21 Å². The van der Waals surface area contributed by atoms with Crippen LogP contribution in [0.4, 0.5) is 0 Å². The Balaban J connectivity index is 2.43. The van der Waals surface area contributed by atoms with Gasteiger partial charge in [0.2, 0.25) is 5.89 Å². The third-order valence-electron chi connectivity index (χ3n) is 1.68. The molecule has 0 unspecified atom stereocenters. The fourth-order valence-electron chi connectivity index (χ4n) is 1.01. The molecule has 2 rings (SSSR count). The highest BCUT2D eigenvalue weighted by atomic mass is 79.9. The summed E-state index contributed by atoms with van der Waals surface area (Å²) in [6.07, 6.45) is 3.73.